The summed E-state index contributed by atoms with van der Waals surface area (Å²) >= 11 is 0. The molecular formula is C11H24N2O. The molecule has 0 aromatic heterocycles. The van der Waals surface area contributed by atoms with Crippen LogP contribution in [-0.2, 0) is 4.74 Å². The minimum absolute atomic E-state index is 0.124. The van der Waals surface area contributed by atoms with Gasteiger partial charge in [-0.1, -0.05) is 20.8 Å². The summed E-state index contributed by atoms with van der Waals surface area (Å²) in [6, 6.07) is 0. The fourth-order valence-corrected chi connectivity index (χ4v) is 2.23. The summed E-state index contributed by atoms with van der Waals surface area (Å²) in [7, 11) is 0. The van der Waals surface area contributed by atoms with E-state index < -0.39 is 0 Å². The van der Waals surface area contributed by atoms with Crippen LogP contribution >= 0.6 is 0 Å². The minimum atomic E-state index is 0.124. The molecule has 1 atom stereocenters. The Hall–Kier alpha value is -0.120. The van der Waals surface area contributed by atoms with Gasteiger partial charge in [-0.2, -0.15) is 0 Å². The van der Waals surface area contributed by atoms with E-state index >= 15 is 0 Å². The molecule has 1 heterocycles. The van der Waals surface area contributed by atoms with Gasteiger partial charge in [-0.05, 0) is 18.9 Å². The van der Waals surface area contributed by atoms with E-state index in [-0.39, 0.29) is 5.54 Å². The highest BCUT2D eigenvalue weighted by Gasteiger charge is 2.38. The van der Waals surface area contributed by atoms with Crippen LogP contribution in [-0.4, -0.2) is 43.3 Å². The molecule has 14 heavy (non-hydrogen) atoms. The van der Waals surface area contributed by atoms with Gasteiger partial charge in [0, 0.05) is 19.7 Å². The first-order chi connectivity index (χ1) is 6.64. The van der Waals surface area contributed by atoms with Crippen molar-refractivity contribution in [3.8, 4) is 0 Å². The summed E-state index contributed by atoms with van der Waals surface area (Å²) < 4.78 is 5.49. The average Bonchev–Trinajstić information content (AvgIpc) is 2.63. The quantitative estimate of drug-likeness (QED) is 0.722. The summed E-state index contributed by atoms with van der Waals surface area (Å²) in [5.74, 6) is 0.693. The van der Waals surface area contributed by atoms with Crippen LogP contribution in [0.15, 0.2) is 0 Å². The number of rotatable bonds is 5. The van der Waals surface area contributed by atoms with E-state index in [1.54, 1.807) is 0 Å². The normalized spacial score (nSPS) is 27.9. The lowest BCUT2D eigenvalue weighted by Crippen LogP contribution is -2.55. The van der Waals surface area contributed by atoms with Gasteiger partial charge in [-0.25, -0.2) is 0 Å². The summed E-state index contributed by atoms with van der Waals surface area (Å²) in [4.78, 5) is 2.49. The van der Waals surface area contributed by atoms with Gasteiger partial charge < -0.3 is 10.5 Å². The fraction of sp³-hybridized carbons (Fsp3) is 1.00. The zero-order chi connectivity index (χ0) is 10.6. The van der Waals surface area contributed by atoms with E-state index in [0.717, 1.165) is 32.7 Å². The van der Waals surface area contributed by atoms with Gasteiger partial charge in [0.25, 0.3) is 0 Å². The molecule has 0 aromatic carbocycles. The van der Waals surface area contributed by atoms with Gasteiger partial charge in [-0.3, -0.25) is 4.90 Å². The Bertz CT molecular complexity index is 165. The van der Waals surface area contributed by atoms with Crippen molar-refractivity contribution < 1.29 is 4.74 Å². The number of likely N-dealkylation sites (N-methyl/N-ethyl adjacent to an activating group) is 1. The summed E-state index contributed by atoms with van der Waals surface area (Å²) in [5, 5.41) is 0. The number of hydrogen-bond donors (Lipinski definition) is 1. The molecule has 0 radical (unpaired) electrons. The molecule has 1 aliphatic rings. The lowest BCUT2D eigenvalue weighted by molar-refractivity contribution is 0.0667. The van der Waals surface area contributed by atoms with Crippen molar-refractivity contribution >= 4 is 0 Å². The monoisotopic (exact) mass is 200 g/mol. The summed E-state index contributed by atoms with van der Waals surface area (Å²) in [6.07, 6.45) is 1.09. The zero-order valence-corrected chi connectivity index (χ0v) is 9.75. The van der Waals surface area contributed by atoms with Crippen molar-refractivity contribution in [1.29, 1.82) is 0 Å². The highest BCUT2D eigenvalue weighted by atomic mass is 16.5. The second-order valence-corrected chi connectivity index (χ2v) is 4.66. The molecule has 3 nitrogen and oxygen atoms in total. The third kappa shape index (κ3) is 2.47. The van der Waals surface area contributed by atoms with Crippen LogP contribution in [0.5, 0.6) is 0 Å². The third-order valence-corrected chi connectivity index (χ3v) is 3.10. The van der Waals surface area contributed by atoms with E-state index in [1.165, 1.54) is 0 Å². The second kappa shape index (κ2) is 5.10. The predicted molar refractivity (Wildman–Crippen MR) is 59.3 cm³/mol. The number of nitrogens with two attached hydrogens (primary N) is 1. The maximum atomic E-state index is 5.90. The zero-order valence-electron chi connectivity index (χ0n) is 9.75. The van der Waals surface area contributed by atoms with E-state index in [2.05, 4.69) is 25.7 Å². The first-order valence-electron chi connectivity index (χ1n) is 5.67. The minimum Gasteiger partial charge on any atom is -0.379 e. The Morgan fingerprint density at radius 1 is 1.50 bits per heavy atom. The smallest absolute Gasteiger partial charge is 0.0663 e. The Morgan fingerprint density at radius 3 is 2.57 bits per heavy atom. The van der Waals surface area contributed by atoms with Crippen molar-refractivity contribution in [2.24, 2.45) is 11.7 Å². The van der Waals surface area contributed by atoms with Crippen LogP contribution in [0.4, 0.5) is 0 Å². The fourth-order valence-electron chi connectivity index (χ4n) is 2.23. The molecule has 1 fully saturated rings. The molecule has 3 heteroatoms. The standard InChI is InChI=1S/C11H24N2O/c1-4-13(7-10(2)3)11(8-12)5-6-14-9-11/h10H,4-9,12H2,1-3H3. The van der Waals surface area contributed by atoms with Crippen LogP contribution in [0.3, 0.4) is 0 Å². The van der Waals surface area contributed by atoms with E-state index in [4.69, 9.17) is 10.5 Å². The van der Waals surface area contributed by atoms with Gasteiger partial charge in [0.05, 0.1) is 12.1 Å². The van der Waals surface area contributed by atoms with Crippen LogP contribution < -0.4 is 5.73 Å². The lowest BCUT2D eigenvalue weighted by Gasteiger charge is -2.39. The predicted octanol–water partition coefficient (Wildman–Crippen LogP) is 1.08. The molecule has 0 bridgehead atoms. The van der Waals surface area contributed by atoms with Crippen LogP contribution in [0.2, 0.25) is 0 Å². The van der Waals surface area contributed by atoms with Crippen molar-refractivity contribution in [3.63, 3.8) is 0 Å². The molecule has 0 aromatic rings. The molecule has 0 saturated carbocycles. The van der Waals surface area contributed by atoms with Gasteiger partial charge in [-0.15, -0.1) is 0 Å². The van der Waals surface area contributed by atoms with Crippen molar-refractivity contribution in [1.82, 2.24) is 4.90 Å². The first kappa shape index (κ1) is 12.0. The van der Waals surface area contributed by atoms with Crippen LogP contribution in [0.1, 0.15) is 27.2 Å². The SMILES string of the molecule is CCN(CC(C)C)C1(CN)CCOC1. The average molecular weight is 200 g/mol. The van der Waals surface area contributed by atoms with Gasteiger partial charge >= 0.3 is 0 Å². The van der Waals surface area contributed by atoms with Gasteiger partial charge in [0.2, 0.25) is 0 Å². The molecule has 2 N–H and O–H groups in total. The Balaban J connectivity index is 2.63. The largest absolute Gasteiger partial charge is 0.379 e. The molecule has 1 rings (SSSR count). The van der Waals surface area contributed by atoms with Crippen LogP contribution in [0.25, 0.3) is 0 Å². The van der Waals surface area contributed by atoms with Gasteiger partial charge in [0.15, 0.2) is 0 Å². The molecule has 1 aliphatic heterocycles. The lowest BCUT2D eigenvalue weighted by atomic mass is 9.95. The van der Waals surface area contributed by atoms with Crippen LogP contribution in [0, 0.1) is 5.92 Å². The molecule has 0 aliphatic carbocycles. The highest BCUT2D eigenvalue weighted by Crippen LogP contribution is 2.25. The van der Waals surface area contributed by atoms with Gasteiger partial charge in [0.1, 0.15) is 0 Å². The topological polar surface area (TPSA) is 38.5 Å². The molecule has 1 saturated heterocycles. The summed E-state index contributed by atoms with van der Waals surface area (Å²) in [5.41, 5.74) is 6.02. The van der Waals surface area contributed by atoms with E-state index in [9.17, 15) is 0 Å². The third-order valence-electron chi connectivity index (χ3n) is 3.10. The highest BCUT2D eigenvalue weighted by molar-refractivity contribution is 4.94. The molecule has 1 unspecified atom stereocenters. The Morgan fingerprint density at radius 2 is 2.21 bits per heavy atom. The first-order valence-corrected chi connectivity index (χ1v) is 5.67. The van der Waals surface area contributed by atoms with E-state index in [1.807, 2.05) is 0 Å². The maximum Gasteiger partial charge on any atom is 0.0663 e. The van der Waals surface area contributed by atoms with Crippen molar-refractivity contribution in [2.45, 2.75) is 32.7 Å². The van der Waals surface area contributed by atoms with Crippen molar-refractivity contribution in [2.75, 3.05) is 32.8 Å². The molecular weight excluding hydrogens is 176 g/mol. The Labute approximate surface area is 87.6 Å². The molecule has 84 valence electrons. The number of nitrogens with zero attached hydrogens (tertiary/aromatic N) is 1. The maximum absolute atomic E-state index is 5.90. The number of hydrogen-bond acceptors (Lipinski definition) is 3. The number of ether oxygens (including phenoxy) is 1. The summed E-state index contributed by atoms with van der Waals surface area (Å²) in [6.45, 7) is 11.3. The molecule has 0 amide bonds. The second-order valence-electron chi connectivity index (χ2n) is 4.66. The van der Waals surface area contributed by atoms with E-state index in [0.29, 0.717) is 12.5 Å². The van der Waals surface area contributed by atoms with Crippen molar-refractivity contribution in [3.05, 3.63) is 0 Å². The Kier molecular flexibility index (Phi) is 4.35. The molecule has 0 spiro atoms.